The molecular weight excluding hydrogens is 246 g/mol. The molecule has 98 valence electrons. The Bertz CT molecular complexity index is 576. The molecule has 6 nitrogen and oxygen atoms in total. The van der Waals surface area contributed by atoms with E-state index in [0.29, 0.717) is 23.4 Å². The molecular formula is C13H13N3O3. The monoisotopic (exact) mass is 259 g/mol. The van der Waals surface area contributed by atoms with Gasteiger partial charge in [0.25, 0.3) is 11.8 Å². The van der Waals surface area contributed by atoms with Gasteiger partial charge in [-0.1, -0.05) is 0 Å². The summed E-state index contributed by atoms with van der Waals surface area (Å²) in [5, 5.41) is 8.12. The maximum Gasteiger partial charge on any atom is 0.259 e. The summed E-state index contributed by atoms with van der Waals surface area (Å²) in [6.07, 6.45) is 0.815. The molecule has 0 aliphatic carbocycles. The number of rotatable bonds is 2. The van der Waals surface area contributed by atoms with E-state index in [1.165, 1.54) is 6.07 Å². The first-order valence-electron chi connectivity index (χ1n) is 6.16. The number of hydrogen-bond acceptors (Lipinski definition) is 4. The molecule has 2 aliphatic heterocycles. The lowest BCUT2D eigenvalue weighted by Gasteiger charge is -2.10. The third-order valence-corrected chi connectivity index (χ3v) is 3.43. The Hall–Kier alpha value is -2.21. The largest absolute Gasteiger partial charge is 0.326 e. The number of carbonyl (C=O) groups excluding carboxylic acids is 3. The summed E-state index contributed by atoms with van der Waals surface area (Å²) in [7, 11) is 0. The average molecular weight is 259 g/mol. The lowest BCUT2D eigenvalue weighted by molar-refractivity contribution is -0.119. The molecule has 3 amide bonds. The Balaban J connectivity index is 1.79. The standard InChI is InChI=1S/C13H13N3O3/c17-11(7-3-4-14-6-7)15-8-1-2-9-10(5-8)13(19)16-12(9)18/h1-2,5,7,14H,3-4,6H2,(H,15,17)(H,16,18,19). The quantitative estimate of drug-likeness (QED) is 0.658. The summed E-state index contributed by atoms with van der Waals surface area (Å²) in [4.78, 5) is 34.8. The summed E-state index contributed by atoms with van der Waals surface area (Å²) >= 11 is 0. The minimum atomic E-state index is -0.418. The van der Waals surface area contributed by atoms with Crippen molar-refractivity contribution in [2.75, 3.05) is 18.4 Å². The highest BCUT2D eigenvalue weighted by Gasteiger charge is 2.27. The first-order valence-corrected chi connectivity index (χ1v) is 6.16. The summed E-state index contributed by atoms with van der Waals surface area (Å²) in [6.45, 7) is 1.52. The van der Waals surface area contributed by atoms with Crippen LogP contribution < -0.4 is 16.0 Å². The molecule has 0 radical (unpaired) electrons. The Morgan fingerprint density at radius 3 is 2.74 bits per heavy atom. The Morgan fingerprint density at radius 1 is 1.21 bits per heavy atom. The van der Waals surface area contributed by atoms with Crippen molar-refractivity contribution in [3.8, 4) is 0 Å². The summed E-state index contributed by atoms with van der Waals surface area (Å²) in [5.74, 6) is -0.908. The van der Waals surface area contributed by atoms with Crippen molar-refractivity contribution in [1.82, 2.24) is 10.6 Å². The van der Waals surface area contributed by atoms with E-state index < -0.39 is 11.8 Å². The topological polar surface area (TPSA) is 87.3 Å². The number of fused-ring (bicyclic) bond motifs is 1. The van der Waals surface area contributed by atoms with Crippen molar-refractivity contribution in [3.63, 3.8) is 0 Å². The van der Waals surface area contributed by atoms with Crippen LogP contribution in [0.1, 0.15) is 27.1 Å². The second-order valence-electron chi connectivity index (χ2n) is 4.72. The van der Waals surface area contributed by atoms with Gasteiger partial charge in [-0.25, -0.2) is 0 Å². The zero-order valence-corrected chi connectivity index (χ0v) is 10.2. The fraction of sp³-hybridized carbons (Fsp3) is 0.308. The maximum atomic E-state index is 11.9. The summed E-state index contributed by atoms with van der Waals surface area (Å²) in [5.41, 5.74) is 1.21. The van der Waals surface area contributed by atoms with Gasteiger partial charge in [-0.15, -0.1) is 0 Å². The van der Waals surface area contributed by atoms with E-state index in [-0.39, 0.29) is 11.8 Å². The molecule has 1 fully saturated rings. The molecule has 2 aliphatic rings. The molecule has 1 atom stereocenters. The third-order valence-electron chi connectivity index (χ3n) is 3.43. The van der Waals surface area contributed by atoms with Gasteiger partial charge in [0.05, 0.1) is 17.0 Å². The molecule has 1 aromatic rings. The number of amides is 3. The second kappa shape index (κ2) is 4.47. The van der Waals surface area contributed by atoms with E-state index in [9.17, 15) is 14.4 Å². The fourth-order valence-corrected chi connectivity index (χ4v) is 2.37. The van der Waals surface area contributed by atoms with Crippen LogP contribution in [0.2, 0.25) is 0 Å². The van der Waals surface area contributed by atoms with Gasteiger partial charge in [-0.3, -0.25) is 19.7 Å². The van der Waals surface area contributed by atoms with Gasteiger partial charge in [-0.05, 0) is 31.2 Å². The minimum Gasteiger partial charge on any atom is -0.326 e. The zero-order chi connectivity index (χ0) is 13.4. The van der Waals surface area contributed by atoms with Gasteiger partial charge in [-0.2, -0.15) is 0 Å². The van der Waals surface area contributed by atoms with Crippen LogP contribution in [0.25, 0.3) is 0 Å². The van der Waals surface area contributed by atoms with Crippen LogP contribution in [0.4, 0.5) is 5.69 Å². The van der Waals surface area contributed by atoms with Crippen molar-refractivity contribution in [2.24, 2.45) is 5.92 Å². The van der Waals surface area contributed by atoms with Crippen molar-refractivity contribution in [3.05, 3.63) is 29.3 Å². The molecule has 6 heteroatoms. The highest BCUT2D eigenvalue weighted by Crippen LogP contribution is 2.21. The van der Waals surface area contributed by atoms with Crippen LogP contribution in [0, 0.1) is 5.92 Å². The van der Waals surface area contributed by atoms with Crippen LogP contribution in [0.15, 0.2) is 18.2 Å². The molecule has 2 heterocycles. The highest BCUT2D eigenvalue weighted by atomic mass is 16.2. The Morgan fingerprint density at radius 2 is 2.00 bits per heavy atom. The summed E-state index contributed by atoms with van der Waals surface area (Å²) < 4.78 is 0. The highest BCUT2D eigenvalue weighted by molar-refractivity contribution is 6.22. The minimum absolute atomic E-state index is 0.0382. The summed E-state index contributed by atoms with van der Waals surface area (Å²) in [6, 6.07) is 4.73. The van der Waals surface area contributed by atoms with Gasteiger partial charge < -0.3 is 10.6 Å². The van der Waals surface area contributed by atoms with Crippen LogP contribution >= 0.6 is 0 Å². The molecule has 1 saturated heterocycles. The number of benzene rings is 1. The second-order valence-corrected chi connectivity index (χ2v) is 4.72. The molecule has 1 aromatic carbocycles. The Labute approximate surface area is 109 Å². The van der Waals surface area contributed by atoms with Crippen molar-refractivity contribution in [1.29, 1.82) is 0 Å². The van der Waals surface area contributed by atoms with Crippen LogP contribution in [-0.4, -0.2) is 30.8 Å². The molecule has 3 N–H and O–H groups in total. The van der Waals surface area contributed by atoms with Gasteiger partial charge in [0, 0.05) is 12.2 Å². The van der Waals surface area contributed by atoms with Crippen LogP contribution in [0.3, 0.4) is 0 Å². The molecule has 0 bridgehead atoms. The number of nitrogens with one attached hydrogen (secondary N) is 3. The maximum absolute atomic E-state index is 11.9. The number of carbonyl (C=O) groups is 3. The van der Waals surface area contributed by atoms with Crippen LogP contribution in [-0.2, 0) is 4.79 Å². The molecule has 19 heavy (non-hydrogen) atoms. The number of hydrogen-bond donors (Lipinski definition) is 3. The normalized spacial score (nSPS) is 21.2. The molecule has 0 saturated carbocycles. The first kappa shape index (κ1) is 11.9. The molecule has 0 spiro atoms. The average Bonchev–Trinajstić information content (AvgIpc) is 2.99. The predicted octanol–water partition coefficient (Wildman–Crippen LogP) is 0.118. The van der Waals surface area contributed by atoms with Crippen molar-refractivity contribution in [2.45, 2.75) is 6.42 Å². The van der Waals surface area contributed by atoms with E-state index in [0.717, 1.165) is 13.0 Å². The first-order chi connectivity index (χ1) is 9.15. The molecule has 3 rings (SSSR count). The third kappa shape index (κ3) is 2.10. The lowest BCUT2D eigenvalue weighted by Crippen LogP contribution is -2.24. The van der Waals surface area contributed by atoms with Crippen molar-refractivity contribution >= 4 is 23.4 Å². The van der Waals surface area contributed by atoms with E-state index in [2.05, 4.69) is 16.0 Å². The Kier molecular flexibility index (Phi) is 2.79. The molecule has 1 unspecified atom stereocenters. The lowest BCUT2D eigenvalue weighted by atomic mass is 10.1. The van der Waals surface area contributed by atoms with E-state index in [1.54, 1.807) is 12.1 Å². The zero-order valence-electron chi connectivity index (χ0n) is 10.2. The fourth-order valence-electron chi connectivity index (χ4n) is 2.37. The number of anilines is 1. The van der Waals surface area contributed by atoms with Gasteiger partial charge in [0.1, 0.15) is 0 Å². The van der Waals surface area contributed by atoms with Gasteiger partial charge in [0.15, 0.2) is 0 Å². The molecule has 0 aromatic heterocycles. The number of imide groups is 1. The van der Waals surface area contributed by atoms with E-state index in [1.807, 2.05) is 0 Å². The van der Waals surface area contributed by atoms with E-state index >= 15 is 0 Å². The smallest absolute Gasteiger partial charge is 0.259 e. The van der Waals surface area contributed by atoms with Gasteiger partial charge in [0.2, 0.25) is 5.91 Å². The van der Waals surface area contributed by atoms with E-state index in [4.69, 9.17) is 0 Å². The van der Waals surface area contributed by atoms with Gasteiger partial charge >= 0.3 is 0 Å². The predicted molar refractivity (Wildman–Crippen MR) is 67.8 cm³/mol. The SMILES string of the molecule is O=C1NC(=O)c2cc(NC(=O)C3CCNC3)ccc21. The van der Waals surface area contributed by atoms with Crippen molar-refractivity contribution < 1.29 is 14.4 Å². The van der Waals surface area contributed by atoms with Crippen LogP contribution in [0.5, 0.6) is 0 Å².